The van der Waals surface area contributed by atoms with E-state index in [9.17, 15) is 8.42 Å². The molecule has 10 heteroatoms. The standard InChI is InChI=1S/C16H22N6O3S/c23-26(24,21-7-1-2-8-21)22-9-3-4-13(12-22)10-15-19-16(20-25-15)14-11-17-5-6-18-14/h5-6,11,13H,1-4,7-10,12H2/t13-/m1/s1. The second-order valence-corrected chi connectivity index (χ2v) is 8.72. The molecule has 2 aromatic heterocycles. The normalized spacial score (nSPS) is 22.7. The van der Waals surface area contributed by atoms with Gasteiger partial charge in [-0.1, -0.05) is 5.16 Å². The summed E-state index contributed by atoms with van der Waals surface area (Å²) in [5.41, 5.74) is 0.560. The van der Waals surface area contributed by atoms with Crippen LogP contribution in [0.4, 0.5) is 0 Å². The van der Waals surface area contributed by atoms with Gasteiger partial charge in [-0.25, -0.2) is 4.98 Å². The molecule has 2 saturated heterocycles. The van der Waals surface area contributed by atoms with Crippen molar-refractivity contribution in [3.8, 4) is 11.5 Å². The van der Waals surface area contributed by atoms with Crippen LogP contribution < -0.4 is 0 Å². The Morgan fingerprint density at radius 2 is 1.92 bits per heavy atom. The van der Waals surface area contributed by atoms with E-state index in [1.165, 1.54) is 0 Å². The van der Waals surface area contributed by atoms with E-state index in [2.05, 4.69) is 20.1 Å². The molecule has 26 heavy (non-hydrogen) atoms. The average molecular weight is 378 g/mol. The average Bonchev–Trinajstić information content (AvgIpc) is 3.35. The van der Waals surface area contributed by atoms with E-state index in [4.69, 9.17) is 4.52 Å². The Balaban J connectivity index is 1.42. The van der Waals surface area contributed by atoms with Crippen molar-refractivity contribution < 1.29 is 12.9 Å². The maximum atomic E-state index is 12.8. The highest BCUT2D eigenvalue weighted by atomic mass is 32.2. The highest BCUT2D eigenvalue weighted by Crippen LogP contribution is 2.26. The van der Waals surface area contributed by atoms with Gasteiger partial charge < -0.3 is 4.52 Å². The van der Waals surface area contributed by atoms with E-state index in [0.29, 0.717) is 50.0 Å². The van der Waals surface area contributed by atoms with Crippen molar-refractivity contribution in [2.75, 3.05) is 26.2 Å². The van der Waals surface area contributed by atoms with Crippen LogP contribution in [0.5, 0.6) is 0 Å². The predicted octanol–water partition coefficient (Wildman–Crippen LogP) is 1.12. The first kappa shape index (κ1) is 17.5. The van der Waals surface area contributed by atoms with Crippen LogP contribution in [0, 0.1) is 5.92 Å². The fourth-order valence-electron chi connectivity index (χ4n) is 3.59. The van der Waals surface area contributed by atoms with Crippen LogP contribution in [0.3, 0.4) is 0 Å². The lowest BCUT2D eigenvalue weighted by Gasteiger charge is -2.33. The molecule has 4 rings (SSSR count). The van der Waals surface area contributed by atoms with E-state index in [-0.39, 0.29) is 5.92 Å². The highest BCUT2D eigenvalue weighted by molar-refractivity contribution is 7.86. The lowest BCUT2D eigenvalue weighted by atomic mass is 9.96. The third kappa shape index (κ3) is 3.62. The zero-order valence-corrected chi connectivity index (χ0v) is 15.3. The van der Waals surface area contributed by atoms with Crippen LogP contribution in [-0.2, 0) is 16.6 Å². The fourth-order valence-corrected chi connectivity index (χ4v) is 5.39. The van der Waals surface area contributed by atoms with Gasteiger partial charge in [0.25, 0.3) is 10.2 Å². The molecule has 2 aliphatic rings. The SMILES string of the molecule is O=S(=O)(N1CCCC1)N1CCC[C@H](Cc2nc(-c3cnccn3)no2)C1. The van der Waals surface area contributed by atoms with Crippen LogP contribution in [-0.4, -0.2) is 63.3 Å². The van der Waals surface area contributed by atoms with Gasteiger partial charge in [0.2, 0.25) is 11.7 Å². The Hall–Kier alpha value is -1.91. The molecule has 0 N–H and O–H groups in total. The minimum atomic E-state index is -3.34. The summed E-state index contributed by atoms with van der Waals surface area (Å²) in [6.07, 6.45) is 9.01. The van der Waals surface area contributed by atoms with Gasteiger partial charge in [-0.3, -0.25) is 4.98 Å². The largest absolute Gasteiger partial charge is 0.339 e. The zero-order chi connectivity index (χ0) is 18.0. The Kier molecular flexibility index (Phi) is 4.96. The Morgan fingerprint density at radius 3 is 2.69 bits per heavy atom. The summed E-state index contributed by atoms with van der Waals surface area (Å²) in [7, 11) is -3.34. The Labute approximate surface area is 152 Å². The maximum absolute atomic E-state index is 12.8. The van der Waals surface area contributed by atoms with Crippen molar-refractivity contribution in [2.24, 2.45) is 5.92 Å². The molecule has 0 radical (unpaired) electrons. The third-order valence-corrected chi connectivity index (χ3v) is 6.92. The van der Waals surface area contributed by atoms with E-state index in [1.54, 1.807) is 27.2 Å². The van der Waals surface area contributed by atoms with Crippen molar-refractivity contribution in [2.45, 2.75) is 32.1 Å². The van der Waals surface area contributed by atoms with Gasteiger partial charge in [0, 0.05) is 45.0 Å². The van der Waals surface area contributed by atoms with Crippen LogP contribution in [0.1, 0.15) is 31.6 Å². The molecule has 0 unspecified atom stereocenters. The lowest BCUT2D eigenvalue weighted by Crippen LogP contribution is -2.47. The molecular formula is C16H22N6O3S. The van der Waals surface area contributed by atoms with Crippen LogP contribution in [0.15, 0.2) is 23.1 Å². The van der Waals surface area contributed by atoms with Crippen molar-refractivity contribution in [1.82, 2.24) is 28.7 Å². The number of aromatic nitrogens is 4. The quantitative estimate of drug-likeness (QED) is 0.767. The minimum Gasteiger partial charge on any atom is -0.339 e. The monoisotopic (exact) mass is 378 g/mol. The topological polar surface area (TPSA) is 105 Å². The number of hydrogen-bond acceptors (Lipinski definition) is 7. The molecule has 9 nitrogen and oxygen atoms in total. The predicted molar refractivity (Wildman–Crippen MR) is 93.1 cm³/mol. The lowest BCUT2D eigenvalue weighted by molar-refractivity contribution is 0.236. The van der Waals surface area contributed by atoms with Crippen LogP contribution in [0.25, 0.3) is 11.5 Å². The summed E-state index contributed by atoms with van der Waals surface area (Å²) in [5.74, 6) is 1.10. The van der Waals surface area contributed by atoms with Gasteiger partial charge in [-0.15, -0.1) is 0 Å². The third-order valence-electron chi connectivity index (χ3n) is 4.92. The first-order valence-corrected chi connectivity index (χ1v) is 10.4. The zero-order valence-electron chi connectivity index (χ0n) is 14.5. The summed E-state index contributed by atoms with van der Waals surface area (Å²) in [4.78, 5) is 12.5. The van der Waals surface area contributed by atoms with E-state index in [0.717, 1.165) is 25.7 Å². The molecule has 2 aliphatic heterocycles. The maximum Gasteiger partial charge on any atom is 0.281 e. The molecule has 0 aromatic carbocycles. The van der Waals surface area contributed by atoms with Crippen molar-refractivity contribution in [3.05, 3.63) is 24.5 Å². The summed E-state index contributed by atoms with van der Waals surface area (Å²) >= 11 is 0. The molecule has 0 amide bonds. The molecule has 4 heterocycles. The van der Waals surface area contributed by atoms with Crippen molar-refractivity contribution in [3.63, 3.8) is 0 Å². The van der Waals surface area contributed by atoms with Crippen molar-refractivity contribution in [1.29, 1.82) is 0 Å². The molecule has 0 saturated carbocycles. The molecule has 0 aliphatic carbocycles. The molecule has 0 spiro atoms. The van der Waals surface area contributed by atoms with E-state index in [1.807, 2.05) is 0 Å². The molecule has 2 fully saturated rings. The molecule has 2 aromatic rings. The summed E-state index contributed by atoms with van der Waals surface area (Å²) in [6.45, 7) is 2.36. The van der Waals surface area contributed by atoms with Gasteiger partial charge in [0.05, 0.1) is 6.20 Å². The Morgan fingerprint density at radius 1 is 1.12 bits per heavy atom. The minimum absolute atomic E-state index is 0.177. The van der Waals surface area contributed by atoms with E-state index >= 15 is 0 Å². The second kappa shape index (κ2) is 7.37. The molecule has 1 atom stereocenters. The number of hydrogen-bond donors (Lipinski definition) is 0. The number of rotatable bonds is 5. The highest BCUT2D eigenvalue weighted by Gasteiger charge is 2.35. The van der Waals surface area contributed by atoms with Crippen LogP contribution >= 0.6 is 0 Å². The second-order valence-electron chi connectivity index (χ2n) is 6.79. The van der Waals surface area contributed by atoms with Crippen molar-refractivity contribution >= 4 is 10.2 Å². The van der Waals surface area contributed by atoms with Crippen LogP contribution in [0.2, 0.25) is 0 Å². The summed E-state index contributed by atoms with van der Waals surface area (Å²) in [5, 5.41) is 3.95. The Bertz CT molecular complexity index is 835. The molecule has 140 valence electrons. The van der Waals surface area contributed by atoms with Gasteiger partial charge in [-0.2, -0.15) is 22.0 Å². The van der Waals surface area contributed by atoms with Gasteiger partial charge in [0.15, 0.2) is 0 Å². The van der Waals surface area contributed by atoms with E-state index < -0.39 is 10.2 Å². The first-order chi connectivity index (χ1) is 12.6. The fraction of sp³-hybridized carbons (Fsp3) is 0.625. The smallest absolute Gasteiger partial charge is 0.281 e. The molecule has 0 bridgehead atoms. The van der Waals surface area contributed by atoms with Gasteiger partial charge in [0.1, 0.15) is 5.69 Å². The molecular weight excluding hydrogens is 356 g/mol. The number of nitrogens with zero attached hydrogens (tertiary/aromatic N) is 6. The van der Waals surface area contributed by atoms with Gasteiger partial charge >= 0.3 is 0 Å². The first-order valence-electron chi connectivity index (χ1n) is 8.97. The number of piperidine rings is 1. The van der Waals surface area contributed by atoms with Gasteiger partial charge in [-0.05, 0) is 31.6 Å². The summed E-state index contributed by atoms with van der Waals surface area (Å²) < 4.78 is 34.1. The summed E-state index contributed by atoms with van der Waals surface area (Å²) in [6, 6.07) is 0.